The summed E-state index contributed by atoms with van der Waals surface area (Å²) in [7, 11) is 1.60. The predicted octanol–water partition coefficient (Wildman–Crippen LogP) is 3.57. The predicted molar refractivity (Wildman–Crippen MR) is 136 cm³/mol. The van der Waals surface area contributed by atoms with E-state index in [-0.39, 0.29) is 23.8 Å². The second-order valence-electron chi connectivity index (χ2n) is 10.1. The highest BCUT2D eigenvalue weighted by Gasteiger charge is 2.72. The Labute approximate surface area is 220 Å². The molecule has 36 heavy (non-hydrogen) atoms. The number of rotatable bonds is 8. The zero-order valence-corrected chi connectivity index (χ0v) is 21.7. The first-order chi connectivity index (χ1) is 17.3. The quantitative estimate of drug-likeness (QED) is 0.391. The molecule has 3 fully saturated rings. The summed E-state index contributed by atoms with van der Waals surface area (Å²) < 4.78 is 11.5. The summed E-state index contributed by atoms with van der Waals surface area (Å²) in [5.41, 5.74) is -0.742. The number of carbonyl (C=O) groups is 3. The van der Waals surface area contributed by atoms with Crippen molar-refractivity contribution in [2.75, 3.05) is 25.6 Å². The lowest BCUT2D eigenvalue weighted by Gasteiger charge is -2.34. The lowest BCUT2D eigenvalue weighted by Crippen LogP contribution is -2.56. The number of benzene rings is 1. The van der Waals surface area contributed by atoms with Crippen molar-refractivity contribution in [3.63, 3.8) is 0 Å². The third-order valence-corrected chi connectivity index (χ3v) is 8.19. The van der Waals surface area contributed by atoms with Crippen molar-refractivity contribution >= 4 is 46.6 Å². The third kappa shape index (κ3) is 4.53. The largest absolute Gasteiger partial charge is 0.385 e. The number of methoxy groups -OCH3 is 1. The first kappa shape index (κ1) is 25.5. The van der Waals surface area contributed by atoms with Crippen LogP contribution in [0.25, 0.3) is 0 Å². The van der Waals surface area contributed by atoms with E-state index in [9.17, 15) is 14.4 Å². The van der Waals surface area contributed by atoms with Crippen LogP contribution in [0.4, 0.5) is 5.69 Å². The van der Waals surface area contributed by atoms with E-state index in [4.69, 9.17) is 32.7 Å². The molecule has 8 nitrogen and oxygen atoms in total. The van der Waals surface area contributed by atoms with Gasteiger partial charge in [-0.2, -0.15) is 0 Å². The molecule has 1 spiro atoms. The second kappa shape index (κ2) is 10.3. The molecule has 1 aromatic rings. The Morgan fingerprint density at radius 1 is 1.14 bits per heavy atom. The number of ether oxygens (including phenoxy) is 2. The van der Waals surface area contributed by atoms with Gasteiger partial charge in [-0.3, -0.25) is 14.4 Å². The smallest absolute Gasteiger partial charge is 0.246 e. The van der Waals surface area contributed by atoms with Gasteiger partial charge in [-0.15, -0.1) is 0 Å². The third-order valence-electron chi connectivity index (χ3n) is 7.75. The van der Waals surface area contributed by atoms with Crippen molar-refractivity contribution in [1.82, 2.24) is 10.2 Å². The molecule has 0 aromatic heterocycles. The number of amides is 3. The highest BCUT2D eigenvalue weighted by atomic mass is 35.5. The van der Waals surface area contributed by atoms with Crippen molar-refractivity contribution in [1.29, 1.82) is 0 Å². The summed E-state index contributed by atoms with van der Waals surface area (Å²) in [5.74, 6) is -2.41. The Balaban J connectivity index is 1.42. The normalized spacial score (nSPS) is 31.1. The molecular weight excluding hydrogens is 505 g/mol. The van der Waals surface area contributed by atoms with Crippen LogP contribution in [0, 0.1) is 11.8 Å². The first-order valence-electron chi connectivity index (χ1n) is 12.6. The van der Waals surface area contributed by atoms with Gasteiger partial charge in [0.05, 0.1) is 17.9 Å². The number of fused-ring (bicyclic) bond motifs is 1. The van der Waals surface area contributed by atoms with Crippen molar-refractivity contribution in [2.45, 2.75) is 62.3 Å². The molecule has 3 heterocycles. The van der Waals surface area contributed by atoms with Crippen molar-refractivity contribution < 1.29 is 23.9 Å². The maximum absolute atomic E-state index is 13.8. The molecule has 2 N–H and O–H groups in total. The highest BCUT2D eigenvalue weighted by molar-refractivity contribution is 6.35. The number of carbonyl (C=O) groups excluding carboxylic acids is 3. The zero-order chi connectivity index (χ0) is 25.4. The fourth-order valence-electron chi connectivity index (χ4n) is 6.27. The van der Waals surface area contributed by atoms with Crippen LogP contribution in [0.1, 0.15) is 38.5 Å². The van der Waals surface area contributed by atoms with Gasteiger partial charge in [0, 0.05) is 42.0 Å². The number of nitrogens with one attached hydrogen (secondary N) is 2. The minimum absolute atomic E-state index is 0.0897. The fraction of sp³-hybridized carbons (Fsp3) is 0.577. The lowest BCUT2D eigenvalue weighted by molar-refractivity contribution is -0.141. The fourth-order valence-corrected chi connectivity index (χ4v) is 6.79. The van der Waals surface area contributed by atoms with Crippen LogP contribution in [0.5, 0.6) is 0 Å². The maximum atomic E-state index is 13.8. The molecule has 1 aliphatic carbocycles. The Hall–Kier alpha value is -2.13. The van der Waals surface area contributed by atoms with E-state index in [0.29, 0.717) is 35.3 Å². The number of hydrogen-bond donors (Lipinski definition) is 2. The summed E-state index contributed by atoms with van der Waals surface area (Å²) in [4.78, 5) is 42.6. The SMILES string of the molecule is COCCCN1C(=O)[C@H]2C(C(=O)Nc3cc(Cl)cc(Cl)c3)[C@H]3C=CC2(O3)C1C(=O)NC1CCCCC1. The molecule has 194 valence electrons. The molecule has 3 aliphatic heterocycles. The molecule has 5 atom stereocenters. The average molecular weight is 536 g/mol. The zero-order valence-electron chi connectivity index (χ0n) is 20.2. The average Bonchev–Trinajstić information content (AvgIpc) is 3.47. The summed E-state index contributed by atoms with van der Waals surface area (Å²) in [6.07, 6.45) is 8.79. The van der Waals surface area contributed by atoms with Gasteiger partial charge in [-0.05, 0) is 37.5 Å². The van der Waals surface area contributed by atoms with E-state index in [2.05, 4.69) is 10.6 Å². The van der Waals surface area contributed by atoms with Gasteiger partial charge in [0.15, 0.2) is 0 Å². The number of halogens is 2. The molecule has 1 saturated carbocycles. The van der Waals surface area contributed by atoms with Crippen LogP contribution in [0.3, 0.4) is 0 Å². The van der Waals surface area contributed by atoms with Crippen LogP contribution in [-0.2, 0) is 23.9 Å². The van der Waals surface area contributed by atoms with E-state index < -0.39 is 29.6 Å². The standard InChI is InChI=1S/C26H31Cl2N3O5/c1-35-11-5-10-31-22(24(33)29-17-6-3-2-4-7-17)26-9-8-19(36-26)20(21(26)25(31)34)23(32)30-18-13-15(27)12-16(28)14-18/h8-9,12-14,17,19-22H,2-7,10-11H2,1H3,(H,29,33)(H,30,32)/t19-,20?,21-,22?,26?/m1/s1. The van der Waals surface area contributed by atoms with Crippen LogP contribution in [0.15, 0.2) is 30.4 Å². The molecule has 3 amide bonds. The molecule has 2 bridgehead atoms. The van der Waals surface area contributed by atoms with Gasteiger partial charge in [0.1, 0.15) is 11.6 Å². The first-order valence-corrected chi connectivity index (χ1v) is 13.3. The van der Waals surface area contributed by atoms with E-state index in [1.807, 2.05) is 6.08 Å². The Morgan fingerprint density at radius 3 is 2.56 bits per heavy atom. The van der Waals surface area contributed by atoms with Gasteiger partial charge >= 0.3 is 0 Å². The van der Waals surface area contributed by atoms with Gasteiger partial charge in [-0.25, -0.2) is 0 Å². The molecule has 2 saturated heterocycles. The summed E-state index contributed by atoms with van der Waals surface area (Å²) in [5, 5.41) is 6.80. The molecule has 5 rings (SSSR count). The van der Waals surface area contributed by atoms with E-state index in [0.717, 1.165) is 25.7 Å². The maximum Gasteiger partial charge on any atom is 0.246 e. The van der Waals surface area contributed by atoms with E-state index >= 15 is 0 Å². The minimum Gasteiger partial charge on any atom is -0.385 e. The monoisotopic (exact) mass is 535 g/mol. The molecule has 0 radical (unpaired) electrons. The summed E-state index contributed by atoms with van der Waals surface area (Å²) in [6, 6.07) is 4.02. The van der Waals surface area contributed by atoms with Crippen LogP contribution >= 0.6 is 23.2 Å². The van der Waals surface area contributed by atoms with Gasteiger partial charge < -0.3 is 25.0 Å². The Kier molecular flexibility index (Phi) is 7.32. The van der Waals surface area contributed by atoms with Crippen molar-refractivity contribution in [3.05, 3.63) is 40.4 Å². The molecule has 4 aliphatic rings. The molecular formula is C26H31Cl2N3O5. The number of nitrogens with zero attached hydrogens (tertiary/aromatic N) is 1. The van der Waals surface area contributed by atoms with Crippen LogP contribution in [0.2, 0.25) is 10.0 Å². The summed E-state index contributed by atoms with van der Waals surface area (Å²) in [6.45, 7) is 0.797. The van der Waals surface area contributed by atoms with Crippen LogP contribution < -0.4 is 10.6 Å². The van der Waals surface area contributed by atoms with Gasteiger partial charge in [0.25, 0.3) is 0 Å². The Morgan fingerprint density at radius 2 is 1.86 bits per heavy atom. The lowest BCUT2D eigenvalue weighted by atomic mass is 9.74. The van der Waals surface area contributed by atoms with Gasteiger partial charge in [-0.1, -0.05) is 54.6 Å². The van der Waals surface area contributed by atoms with Crippen LogP contribution in [-0.4, -0.2) is 66.7 Å². The molecule has 1 aromatic carbocycles. The minimum atomic E-state index is -1.18. The van der Waals surface area contributed by atoms with Crippen molar-refractivity contribution in [3.8, 4) is 0 Å². The summed E-state index contributed by atoms with van der Waals surface area (Å²) >= 11 is 12.2. The molecule has 3 unspecified atom stereocenters. The molecule has 10 heteroatoms. The number of likely N-dealkylation sites (tertiary alicyclic amines) is 1. The second-order valence-corrected chi connectivity index (χ2v) is 10.9. The Bertz CT molecular complexity index is 1060. The number of anilines is 1. The van der Waals surface area contributed by atoms with E-state index in [1.54, 1.807) is 36.3 Å². The van der Waals surface area contributed by atoms with Gasteiger partial charge in [0.2, 0.25) is 17.7 Å². The highest BCUT2D eigenvalue weighted by Crippen LogP contribution is 2.55. The number of hydrogen-bond acceptors (Lipinski definition) is 5. The van der Waals surface area contributed by atoms with Crippen molar-refractivity contribution in [2.24, 2.45) is 11.8 Å². The van der Waals surface area contributed by atoms with E-state index in [1.165, 1.54) is 6.42 Å². The topological polar surface area (TPSA) is 97.0 Å².